The molecule has 0 spiro atoms. The number of rotatable bonds is 2. The Kier molecular flexibility index (Phi) is 3.58. The number of nitrogens with two attached hydrogens (primary N) is 2. The van der Waals surface area contributed by atoms with E-state index in [0.29, 0.717) is 11.4 Å². The van der Waals surface area contributed by atoms with Crippen molar-refractivity contribution in [3.05, 3.63) is 47.7 Å². The molecule has 7 heteroatoms. The first-order chi connectivity index (χ1) is 9.27. The molecule has 1 aliphatic rings. The number of halogens is 3. The predicted octanol–water partition coefficient (Wildman–Crippen LogP) is 1.63. The molecule has 0 saturated carbocycles. The van der Waals surface area contributed by atoms with E-state index in [4.69, 9.17) is 16.2 Å². The molecule has 0 bridgehead atoms. The third kappa shape index (κ3) is 2.54. The summed E-state index contributed by atoms with van der Waals surface area (Å²) in [6.45, 7) is 0. The SMILES string of the molecule is COc1ccc(C2(N)C=CC(C(F)(F)F)=CC2N)cn1. The zero-order chi connectivity index (χ0) is 15.0. The van der Waals surface area contributed by atoms with Gasteiger partial charge in [0, 0.05) is 18.3 Å². The highest BCUT2D eigenvalue weighted by atomic mass is 19.4. The van der Waals surface area contributed by atoms with Gasteiger partial charge in [-0.3, -0.25) is 0 Å². The molecule has 4 nitrogen and oxygen atoms in total. The van der Waals surface area contributed by atoms with Crippen LogP contribution in [0.25, 0.3) is 0 Å². The fourth-order valence-corrected chi connectivity index (χ4v) is 1.96. The smallest absolute Gasteiger partial charge is 0.416 e. The van der Waals surface area contributed by atoms with Crippen LogP contribution in [0.2, 0.25) is 0 Å². The first kappa shape index (κ1) is 14.5. The van der Waals surface area contributed by atoms with E-state index in [2.05, 4.69) is 4.98 Å². The van der Waals surface area contributed by atoms with Crippen molar-refractivity contribution in [2.45, 2.75) is 17.8 Å². The highest BCUT2D eigenvalue weighted by Gasteiger charge is 2.40. The number of allylic oxidation sites excluding steroid dienone is 2. The summed E-state index contributed by atoms with van der Waals surface area (Å²) >= 11 is 0. The number of nitrogens with zero attached hydrogens (tertiary/aromatic N) is 1. The summed E-state index contributed by atoms with van der Waals surface area (Å²) in [5.41, 5.74) is 10.4. The summed E-state index contributed by atoms with van der Waals surface area (Å²) in [6, 6.07) is 2.20. The summed E-state index contributed by atoms with van der Waals surface area (Å²) < 4.78 is 42.8. The van der Waals surface area contributed by atoms with Crippen LogP contribution in [-0.2, 0) is 5.54 Å². The predicted molar refractivity (Wildman–Crippen MR) is 67.9 cm³/mol. The number of alkyl halides is 3. The molecule has 2 atom stereocenters. The van der Waals surface area contributed by atoms with E-state index < -0.39 is 23.3 Å². The second-order valence-corrected chi connectivity index (χ2v) is 4.50. The van der Waals surface area contributed by atoms with E-state index in [0.717, 1.165) is 12.2 Å². The van der Waals surface area contributed by atoms with E-state index in [1.54, 1.807) is 12.1 Å². The molecule has 20 heavy (non-hydrogen) atoms. The standard InChI is InChI=1S/C13H14F3N3O/c1-20-11-3-2-9(7-19-11)12(18)5-4-8(6-10(12)17)13(14,15)16/h2-7,10H,17-18H2,1H3. The number of hydrogen-bond acceptors (Lipinski definition) is 4. The lowest BCUT2D eigenvalue weighted by Gasteiger charge is -2.34. The normalized spacial score (nSPS) is 26.3. The summed E-state index contributed by atoms with van der Waals surface area (Å²) in [5.74, 6) is 0.386. The van der Waals surface area contributed by atoms with Crippen molar-refractivity contribution in [1.82, 2.24) is 4.98 Å². The molecule has 0 aromatic carbocycles. The fourth-order valence-electron chi connectivity index (χ4n) is 1.96. The van der Waals surface area contributed by atoms with Gasteiger partial charge in [-0.2, -0.15) is 13.2 Å². The van der Waals surface area contributed by atoms with Crippen LogP contribution < -0.4 is 16.2 Å². The van der Waals surface area contributed by atoms with Crippen molar-refractivity contribution >= 4 is 0 Å². The molecule has 0 saturated heterocycles. The summed E-state index contributed by atoms with van der Waals surface area (Å²) in [4.78, 5) is 3.99. The molecule has 108 valence electrons. The first-order valence-electron chi connectivity index (χ1n) is 5.80. The van der Waals surface area contributed by atoms with Gasteiger partial charge in [-0.25, -0.2) is 4.98 Å². The van der Waals surface area contributed by atoms with Gasteiger partial charge in [0.25, 0.3) is 0 Å². The molecular weight excluding hydrogens is 271 g/mol. The number of methoxy groups -OCH3 is 1. The zero-order valence-corrected chi connectivity index (χ0v) is 10.7. The topological polar surface area (TPSA) is 74.2 Å². The van der Waals surface area contributed by atoms with Crippen molar-refractivity contribution in [2.75, 3.05) is 7.11 Å². The van der Waals surface area contributed by atoms with Crippen molar-refractivity contribution in [3.63, 3.8) is 0 Å². The highest BCUT2D eigenvalue weighted by Crippen LogP contribution is 2.35. The first-order valence-corrected chi connectivity index (χ1v) is 5.80. The van der Waals surface area contributed by atoms with Crippen LogP contribution in [0.15, 0.2) is 42.1 Å². The Labute approximate surface area is 113 Å². The van der Waals surface area contributed by atoms with Crippen LogP contribution in [-0.4, -0.2) is 24.3 Å². The van der Waals surface area contributed by atoms with E-state index in [1.165, 1.54) is 19.4 Å². The van der Waals surface area contributed by atoms with Gasteiger partial charge in [0.1, 0.15) is 0 Å². The molecule has 0 radical (unpaired) electrons. The van der Waals surface area contributed by atoms with Crippen LogP contribution in [0, 0.1) is 0 Å². The van der Waals surface area contributed by atoms with Crippen molar-refractivity contribution in [1.29, 1.82) is 0 Å². The van der Waals surface area contributed by atoms with Crippen LogP contribution >= 0.6 is 0 Å². The summed E-state index contributed by atoms with van der Waals surface area (Å²) in [6.07, 6.45) is 0.116. The molecule has 1 aliphatic carbocycles. The Bertz CT molecular complexity index is 551. The monoisotopic (exact) mass is 285 g/mol. The molecule has 2 rings (SSSR count). The Morgan fingerprint density at radius 2 is 2.05 bits per heavy atom. The fraction of sp³-hybridized carbons (Fsp3) is 0.308. The second-order valence-electron chi connectivity index (χ2n) is 4.50. The van der Waals surface area contributed by atoms with Gasteiger partial charge < -0.3 is 16.2 Å². The maximum absolute atomic E-state index is 12.6. The number of ether oxygens (including phenoxy) is 1. The highest BCUT2D eigenvalue weighted by molar-refractivity contribution is 5.42. The molecule has 0 amide bonds. The summed E-state index contributed by atoms with van der Waals surface area (Å²) in [7, 11) is 1.46. The molecule has 1 aromatic heterocycles. The van der Waals surface area contributed by atoms with Gasteiger partial charge in [0.05, 0.1) is 18.2 Å². The third-order valence-electron chi connectivity index (χ3n) is 3.22. The van der Waals surface area contributed by atoms with Crippen LogP contribution in [0.5, 0.6) is 5.88 Å². The summed E-state index contributed by atoms with van der Waals surface area (Å²) in [5, 5.41) is 0. The minimum absolute atomic E-state index is 0.386. The molecule has 0 fully saturated rings. The third-order valence-corrected chi connectivity index (χ3v) is 3.22. The molecule has 1 aromatic rings. The lowest BCUT2D eigenvalue weighted by Crippen LogP contribution is -2.51. The Morgan fingerprint density at radius 1 is 1.35 bits per heavy atom. The van der Waals surface area contributed by atoms with Crippen molar-refractivity contribution in [3.8, 4) is 5.88 Å². The number of aromatic nitrogens is 1. The van der Waals surface area contributed by atoms with Gasteiger partial charge >= 0.3 is 6.18 Å². The van der Waals surface area contributed by atoms with Crippen molar-refractivity contribution in [2.24, 2.45) is 11.5 Å². The largest absolute Gasteiger partial charge is 0.481 e. The number of hydrogen-bond donors (Lipinski definition) is 2. The van der Waals surface area contributed by atoms with Gasteiger partial charge in [0.15, 0.2) is 0 Å². The zero-order valence-electron chi connectivity index (χ0n) is 10.7. The lowest BCUT2D eigenvalue weighted by molar-refractivity contribution is -0.0889. The molecule has 0 aliphatic heterocycles. The van der Waals surface area contributed by atoms with Crippen LogP contribution in [0.4, 0.5) is 13.2 Å². The van der Waals surface area contributed by atoms with E-state index >= 15 is 0 Å². The van der Waals surface area contributed by atoms with Gasteiger partial charge in [-0.1, -0.05) is 18.2 Å². The van der Waals surface area contributed by atoms with Gasteiger partial charge in [-0.05, 0) is 11.6 Å². The molecule has 2 unspecified atom stereocenters. The Balaban J connectivity index is 2.33. The van der Waals surface area contributed by atoms with Crippen LogP contribution in [0.1, 0.15) is 5.56 Å². The quantitative estimate of drug-likeness (QED) is 0.866. The minimum atomic E-state index is -4.44. The van der Waals surface area contributed by atoms with Gasteiger partial charge in [-0.15, -0.1) is 0 Å². The van der Waals surface area contributed by atoms with E-state index in [-0.39, 0.29) is 0 Å². The average Bonchev–Trinajstić information content (AvgIpc) is 2.41. The minimum Gasteiger partial charge on any atom is -0.481 e. The lowest BCUT2D eigenvalue weighted by atomic mass is 9.80. The van der Waals surface area contributed by atoms with Crippen LogP contribution in [0.3, 0.4) is 0 Å². The molecule has 1 heterocycles. The molecule has 4 N–H and O–H groups in total. The average molecular weight is 285 g/mol. The Morgan fingerprint density at radius 3 is 2.50 bits per heavy atom. The van der Waals surface area contributed by atoms with Crippen molar-refractivity contribution < 1.29 is 17.9 Å². The maximum atomic E-state index is 12.6. The molecular formula is C13H14F3N3O. The maximum Gasteiger partial charge on any atom is 0.416 e. The van der Waals surface area contributed by atoms with E-state index in [9.17, 15) is 13.2 Å². The van der Waals surface area contributed by atoms with E-state index in [1.807, 2.05) is 0 Å². The Hall–Kier alpha value is -1.86. The van der Waals surface area contributed by atoms with Gasteiger partial charge in [0.2, 0.25) is 5.88 Å². The second kappa shape index (κ2) is 4.92. The number of pyridine rings is 1.